The second kappa shape index (κ2) is 19.8. The molecule has 4 aromatic rings. The molecule has 0 radical (unpaired) electrons. The lowest BCUT2D eigenvalue weighted by atomic mass is 9.91. The number of hydrogen-bond acceptors (Lipinski definition) is 8. The average Bonchev–Trinajstić information content (AvgIpc) is 3.15. The number of unbranched alkanes of at least 4 members (excludes halogenated alkanes) is 2. The summed E-state index contributed by atoms with van der Waals surface area (Å²) in [4.78, 5) is 26.0. The lowest BCUT2D eigenvalue weighted by molar-refractivity contribution is -0.244. The van der Waals surface area contributed by atoms with E-state index in [1.54, 1.807) is 18.3 Å². The van der Waals surface area contributed by atoms with Crippen LogP contribution in [0.5, 0.6) is 17.2 Å². The van der Waals surface area contributed by atoms with Gasteiger partial charge in [-0.1, -0.05) is 66.8 Å². The van der Waals surface area contributed by atoms with Crippen molar-refractivity contribution in [3.05, 3.63) is 138 Å². The molecule has 1 fully saturated rings. The van der Waals surface area contributed by atoms with E-state index in [4.69, 9.17) is 29.2 Å². The van der Waals surface area contributed by atoms with Crippen LogP contribution in [0.4, 0.5) is 0 Å². The molecule has 2 heterocycles. The number of aromatic hydroxyl groups is 1. The van der Waals surface area contributed by atoms with E-state index in [2.05, 4.69) is 11.1 Å². The fraction of sp³-hybridized carbons (Fsp3) is 0.310. The van der Waals surface area contributed by atoms with Crippen LogP contribution >= 0.6 is 0 Å². The largest absolute Gasteiger partial charge is 0.508 e. The minimum Gasteiger partial charge on any atom is -0.508 e. The second-order valence-corrected chi connectivity index (χ2v) is 12.5. The molecule has 0 spiro atoms. The smallest absolute Gasteiger partial charge is 0.303 e. The summed E-state index contributed by atoms with van der Waals surface area (Å²) in [5.74, 6) is -0.195. The van der Waals surface area contributed by atoms with Crippen molar-refractivity contribution in [3.8, 4) is 17.2 Å². The number of benzene rings is 3. The Bertz CT molecular complexity index is 1790. The van der Waals surface area contributed by atoms with Crippen molar-refractivity contribution >= 4 is 17.5 Å². The van der Waals surface area contributed by atoms with Gasteiger partial charge in [0.15, 0.2) is 6.29 Å². The van der Waals surface area contributed by atoms with Gasteiger partial charge in [0.05, 0.1) is 12.7 Å². The van der Waals surface area contributed by atoms with Crippen molar-refractivity contribution in [2.45, 2.75) is 57.3 Å². The van der Waals surface area contributed by atoms with Crippen molar-refractivity contribution in [3.63, 3.8) is 0 Å². The van der Waals surface area contributed by atoms with Crippen LogP contribution in [0.3, 0.4) is 0 Å². The molecule has 5 rings (SSSR count). The quantitative estimate of drug-likeness (QED) is 0.0641. The standard InChI is InChI=1S/C42H45NO9/c44-38-17-8-7-16-37(38)41-33(11-3-1-5-18-39(45)46)29-51-42(52-41)31-12-9-14-35(27-31)50-26-25-49-34-22-20-30(21-23-34)36(32-13-10-24-43-28-32)15-4-2-6-19-40(47)48/h1,3,7-10,12-17,20-24,27-28,33,41-42,44H,2,4-6,11,18-19,25-26,29H2,(H,45,46)(H,47,48)/b3-1-,36-15+/t33-,41+,42+/m1/s1. The maximum atomic E-state index is 10.9. The van der Waals surface area contributed by atoms with Gasteiger partial charge in [0.1, 0.15) is 30.5 Å². The van der Waals surface area contributed by atoms with E-state index in [0.29, 0.717) is 56.1 Å². The van der Waals surface area contributed by atoms with Crippen molar-refractivity contribution in [2.75, 3.05) is 19.8 Å². The molecule has 0 saturated carbocycles. The lowest BCUT2D eigenvalue weighted by Crippen LogP contribution is -2.30. The molecule has 3 atom stereocenters. The van der Waals surface area contributed by atoms with E-state index in [1.165, 1.54) is 0 Å². The van der Waals surface area contributed by atoms with Gasteiger partial charge in [0.2, 0.25) is 0 Å². The van der Waals surface area contributed by atoms with E-state index < -0.39 is 24.3 Å². The van der Waals surface area contributed by atoms with Crippen molar-refractivity contribution in [1.82, 2.24) is 4.98 Å². The molecule has 0 unspecified atom stereocenters. The molecule has 1 aliphatic heterocycles. The van der Waals surface area contributed by atoms with Crippen LogP contribution < -0.4 is 9.47 Å². The fourth-order valence-corrected chi connectivity index (χ4v) is 5.99. The Morgan fingerprint density at radius 3 is 2.35 bits per heavy atom. The zero-order chi connectivity index (χ0) is 36.5. The number of allylic oxidation sites excluding steroid dienone is 3. The summed E-state index contributed by atoms with van der Waals surface area (Å²) in [6, 6.07) is 26.4. The Balaban J connectivity index is 1.15. The van der Waals surface area contributed by atoms with Crippen LogP contribution in [0.25, 0.3) is 5.57 Å². The molecule has 272 valence electrons. The molecular weight excluding hydrogens is 662 g/mol. The van der Waals surface area contributed by atoms with Gasteiger partial charge in [-0.2, -0.15) is 0 Å². The number of aliphatic carboxylic acids is 2. The number of rotatable bonds is 19. The molecule has 52 heavy (non-hydrogen) atoms. The number of carboxylic acids is 2. The Hall–Kier alpha value is -5.45. The first-order valence-corrected chi connectivity index (χ1v) is 17.6. The first kappa shape index (κ1) is 37.8. The van der Waals surface area contributed by atoms with Crippen LogP contribution in [0.15, 0.2) is 116 Å². The molecule has 0 bridgehead atoms. The van der Waals surface area contributed by atoms with Crippen LogP contribution in [0.2, 0.25) is 0 Å². The predicted molar refractivity (Wildman–Crippen MR) is 196 cm³/mol. The number of phenols is 1. The van der Waals surface area contributed by atoms with Gasteiger partial charge >= 0.3 is 11.9 Å². The SMILES string of the molecule is O=C(O)CC/C=C\C[C@@H]1CO[C@H](c2cccc(OCCOc3ccc(/C(=C\CCCCC(=O)O)c4cccnc4)cc3)c2)O[C@@H]1c1ccccc1O. The summed E-state index contributed by atoms with van der Waals surface area (Å²) in [5, 5.41) is 28.5. The maximum absolute atomic E-state index is 10.9. The number of nitrogens with zero attached hydrogens (tertiary/aromatic N) is 1. The fourth-order valence-electron chi connectivity index (χ4n) is 5.99. The number of para-hydroxylation sites is 1. The third kappa shape index (κ3) is 11.5. The van der Waals surface area contributed by atoms with Gasteiger partial charge < -0.3 is 34.3 Å². The topological polar surface area (TPSA) is 145 Å². The highest BCUT2D eigenvalue weighted by Gasteiger charge is 2.34. The summed E-state index contributed by atoms with van der Waals surface area (Å²) < 4.78 is 24.6. The maximum Gasteiger partial charge on any atom is 0.303 e. The lowest BCUT2D eigenvalue weighted by Gasteiger charge is -2.37. The first-order valence-electron chi connectivity index (χ1n) is 17.6. The Labute approximate surface area is 304 Å². The molecule has 1 aliphatic rings. The summed E-state index contributed by atoms with van der Waals surface area (Å²) in [5.41, 5.74) is 4.50. The van der Waals surface area contributed by atoms with E-state index >= 15 is 0 Å². The molecule has 3 N–H and O–H groups in total. The zero-order valence-electron chi connectivity index (χ0n) is 29.0. The van der Waals surface area contributed by atoms with E-state index in [1.807, 2.05) is 91.1 Å². The molecular formula is C42H45NO9. The summed E-state index contributed by atoms with van der Waals surface area (Å²) >= 11 is 0. The third-order valence-electron chi connectivity index (χ3n) is 8.62. The van der Waals surface area contributed by atoms with Crippen molar-refractivity contribution < 1.29 is 43.9 Å². The van der Waals surface area contributed by atoms with Crippen molar-refractivity contribution in [1.29, 1.82) is 0 Å². The third-order valence-corrected chi connectivity index (χ3v) is 8.62. The highest BCUT2D eigenvalue weighted by atomic mass is 16.7. The van der Waals surface area contributed by atoms with E-state index in [-0.39, 0.29) is 24.5 Å². The van der Waals surface area contributed by atoms with Gasteiger partial charge in [0, 0.05) is 47.8 Å². The number of carbonyl (C=O) groups is 2. The molecule has 1 aromatic heterocycles. The Morgan fingerprint density at radius 2 is 1.60 bits per heavy atom. The number of ether oxygens (including phenoxy) is 4. The number of pyridine rings is 1. The van der Waals surface area contributed by atoms with Gasteiger partial charge in [-0.15, -0.1) is 0 Å². The summed E-state index contributed by atoms with van der Waals surface area (Å²) in [7, 11) is 0. The predicted octanol–water partition coefficient (Wildman–Crippen LogP) is 8.54. The Kier molecular flexibility index (Phi) is 14.4. The van der Waals surface area contributed by atoms with E-state index in [0.717, 1.165) is 35.1 Å². The van der Waals surface area contributed by atoms with Crippen LogP contribution in [-0.4, -0.2) is 52.1 Å². The molecule has 10 heteroatoms. The van der Waals surface area contributed by atoms with Gasteiger partial charge in [0.25, 0.3) is 0 Å². The highest BCUT2D eigenvalue weighted by molar-refractivity contribution is 5.79. The first-order chi connectivity index (χ1) is 25.4. The monoisotopic (exact) mass is 707 g/mol. The zero-order valence-corrected chi connectivity index (χ0v) is 29.0. The van der Waals surface area contributed by atoms with Crippen LogP contribution in [0.1, 0.15) is 79.6 Å². The van der Waals surface area contributed by atoms with Crippen molar-refractivity contribution in [2.24, 2.45) is 5.92 Å². The highest BCUT2D eigenvalue weighted by Crippen LogP contribution is 2.43. The molecule has 1 saturated heterocycles. The van der Waals surface area contributed by atoms with Gasteiger partial charge in [-0.05, 0) is 79.6 Å². The van der Waals surface area contributed by atoms with Crippen LogP contribution in [-0.2, 0) is 19.1 Å². The Morgan fingerprint density at radius 1 is 0.808 bits per heavy atom. The minimum atomic E-state index is -0.835. The van der Waals surface area contributed by atoms with E-state index in [9.17, 15) is 14.7 Å². The molecule has 10 nitrogen and oxygen atoms in total. The van der Waals surface area contributed by atoms with Gasteiger partial charge in [-0.3, -0.25) is 14.6 Å². The molecule has 0 amide bonds. The number of hydrogen-bond donors (Lipinski definition) is 3. The second-order valence-electron chi connectivity index (χ2n) is 12.5. The number of carboxylic acid groups (broad SMARTS) is 2. The van der Waals surface area contributed by atoms with Gasteiger partial charge in [-0.25, -0.2) is 0 Å². The number of phenolic OH excluding ortho intramolecular Hbond substituents is 1. The summed E-state index contributed by atoms with van der Waals surface area (Å²) in [6.45, 7) is 1.02. The normalized spacial score (nSPS) is 17.5. The molecule has 0 aliphatic carbocycles. The number of aromatic nitrogens is 1. The van der Waals surface area contributed by atoms with Crippen LogP contribution in [0, 0.1) is 5.92 Å². The minimum absolute atomic E-state index is 0.0731. The molecule has 3 aromatic carbocycles. The average molecular weight is 708 g/mol. The summed E-state index contributed by atoms with van der Waals surface area (Å²) in [6.07, 6.45) is 11.9.